The fourth-order valence-corrected chi connectivity index (χ4v) is 4.10. The van der Waals surface area contributed by atoms with Crippen LogP contribution in [0.2, 0.25) is 0 Å². The summed E-state index contributed by atoms with van der Waals surface area (Å²) in [5.41, 5.74) is 1.25. The number of nitrogens with zero attached hydrogens (tertiary/aromatic N) is 4. The highest BCUT2D eigenvalue weighted by molar-refractivity contribution is 5.89. The summed E-state index contributed by atoms with van der Waals surface area (Å²) in [4.78, 5) is 38.2. The number of carbonyl (C=O) groups excluding carboxylic acids is 2. The number of benzene rings is 1. The minimum atomic E-state index is -1.17. The summed E-state index contributed by atoms with van der Waals surface area (Å²) in [5.74, 6) is 0.0331. The van der Waals surface area contributed by atoms with Crippen molar-refractivity contribution in [2.75, 3.05) is 13.1 Å². The molecule has 1 unspecified atom stereocenters. The smallest absolute Gasteiger partial charge is 0.244 e. The molecule has 190 valence electrons. The predicted octanol–water partition coefficient (Wildman–Crippen LogP) is 2.41. The molecule has 0 aliphatic carbocycles. The van der Waals surface area contributed by atoms with Crippen LogP contribution in [0.15, 0.2) is 42.7 Å². The van der Waals surface area contributed by atoms with Crippen LogP contribution < -0.4 is 5.32 Å². The number of hydrogen-bond acceptors (Lipinski definition) is 7. The zero-order valence-corrected chi connectivity index (χ0v) is 21.4. The Labute approximate surface area is 207 Å². The van der Waals surface area contributed by atoms with Gasteiger partial charge in [-0.05, 0) is 39.3 Å². The largest absolute Gasteiger partial charge is 0.356 e. The molecule has 9 heteroatoms. The molecule has 0 spiro atoms. The van der Waals surface area contributed by atoms with Gasteiger partial charge in [0.15, 0.2) is 5.82 Å². The normalized spacial score (nSPS) is 20.1. The van der Waals surface area contributed by atoms with Gasteiger partial charge in [-0.25, -0.2) is 9.97 Å². The van der Waals surface area contributed by atoms with E-state index in [9.17, 15) is 14.7 Å². The lowest BCUT2D eigenvalue weighted by molar-refractivity contribution is -0.250. The molecular weight excluding hydrogens is 446 g/mol. The highest BCUT2D eigenvalue weighted by Crippen LogP contribution is 2.23. The van der Waals surface area contributed by atoms with Gasteiger partial charge in [-0.2, -0.15) is 0 Å². The molecule has 1 saturated heterocycles. The van der Waals surface area contributed by atoms with Gasteiger partial charge in [-0.15, -0.1) is 0 Å². The topological polar surface area (TPSA) is 108 Å². The number of aromatic nitrogens is 2. The molecule has 2 amide bonds. The lowest BCUT2D eigenvalue weighted by Crippen LogP contribution is -2.66. The number of piperazine rings is 1. The molecule has 1 aromatic heterocycles. The van der Waals surface area contributed by atoms with Crippen molar-refractivity contribution in [2.45, 2.75) is 72.2 Å². The molecule has 0 saturated carbocycles. The number of carbonyl (C=O) groups is 2. The number of amides is 2. The highest BCUT2D eigenvalue weighted by Gasteiger charge is 2.42. The molecular formula is C26H37N5O4. The van der Waals surface area contributed by atoms with Gasteiger partial charge in [0.1, 0.15) is 6.04 Å². The van der Waals surface area contributed by atoms with Gasteiger partial charge in [0, 0.05) is 49.6 Å². The van der Waals surface area contributed by atoms with Crippen molar-refractivity contribution in [3.63, 3.8) is 0 Å². The van der Waals surface area contributed by atoms with E-state index in [1.54, 1.807) is 28.3 Å². The number of rotatable bonds is 7. The van der Waals surface area contributed by atoms with Crippen molar-refractivity contribution in [1.82, 2.24) is 25.1 Å². The third kappa shape index (κ3) is 7.06. The van der Waals surface area contributed by atoms with Gasteiger partial charge in [0.2, 0.25) is 18.2 Å². The zero-order valence-electron chi connectivity index (χ0n) is 21.4. The number of aliphatic hydroxyl groups is 1. The van der Waals surface area contributed by atoms with Crippen molar-refractivity contribution in [3.8, 4) is 11.4 Å². The minimum absolute atomic E-state index is 0.0873. The zero-order chi connectivity index (χ0) is 25.8. The Bertz CT molecular complexity index is 991. The molecule has 3 rings (SSSR count). The van der Waals surface area contributed by atoms with E-state index in [1.165, 1.54) is 0 Å². The molecule has 2 heterocycles. The first-order valence-corrected chi connectivity index (χ1v) is 12.0. The van der Waals surface area contributed by atoms with E-state index in [4.69, 9.17) is 4.74 Å². The fraction of sp³-hybridized carbons (Fsp3) is 0.538. The first kappa shape index (κ1) is 26.7. The molecule has 1 aliphatic heterocycles. The molecule has 35 heavy (non-hydrogen) atoms. The third-order valence-electron chi connectivity index (χ3n) is 5.78. The van der Waals surface area contributed by atoms with Crippen LogP contribution >= 0.6 is 0 Å². The molecule has 9 nitrogen and oxygen atoms in total. The van der Waals surface area contributed by atoms with E-state index in [2.05, 4.69) is 15.3 Å². The first-order chi connectivity index (χ1) is 16.5. The van der Waals surface area contributed by atoms with Crippen LogP contribution in [0.4, 0.5) is 0 Å². The summed E-state index contributed by atoms with van der Waals surface area (Å²) in [7, 11) is 0. The van der Waals surface area contributed by atoms with Gasteiger partial charge in [0.25, 0.3) is 0 Å². The van der Waals surface area contributed by atoms with Crippen molar-refractivity contribution in [2.24, 2.45) is 5.92 Å². The Kier molecular flexibility index (Phi) is 8.58. The maximum atomic E-state index is 13.3. The second kappa shape index (κ2) is 11.2. The Morgan fingerprint density at radius 2 is 1.77 bits per heavy atom. The summed E-state index contributed by atoms with van der Waals surface area (Å²) in [6.07, 6.45) is 2.22. The van der Waals surface area contributed by atoms with Gasteiger partial charge in [0.05, 0.1) is 5.60 Å². The molecule has 0 bridgehead atoms. The third-order valence-corrected chi connectivity index (χ3v) is 5.78. The average molecular weight is 484 g/mol. The van der Waals surface area contributed by atoms with Gasteiger partial charge < -0.3 is 20.1 Å². The molecule has 2 aromatic rings. The second-order valence-corrected chi connectivity index (χ2v) is 10.3. The molecule has 1 fully saturated rings. The van der Waals surface area contributed by atoms with E-state index < -0.39 is 18.1 Å². The van der Waals surface area contributed by atoms with Crippen LogP contribution in [0.5, 0.6) is 0 Å². The summed E-state index contributed by atoms with van der Waals surface area (Å²) in [6.45, 7) is 12.0. The SMILES string of the molecule is CC(C)C(=O)N1[C@H](C)CN(C(O)OC(C)(C)C)C[C@@H]1C(=O)NCc1ccc(-c2ncccn2)cc1. The molecule has 1 aromatic carbocycles. The van der Waals surface area contributed by atoms with E-state index in [-0.39, 0.29) is 30.3 Å². The minimum Gasteiger partial charge on any atom is -0.356 e. The number of aliphatic hydroxyl groups excluding tert-OH is 1. The van der Waals surface area contributed by atoms with Crippen LogP contribution in [0.25, 0.3) is 11.4 Å². The van der Waals surface area contributed by atoms with Crippen LogP contribution in [0, 0.1) is 5.92 Å². The van der Waals surface area contributed by atoms with Gasteiger partial charge in [-0.1, -0.05) is 38.1 Å². The lowest BCUT2D eigenvalue weighted by Gasteiger charge is -2.47. The van der Waals surface area contributed by atoms with E-state index in [0.717, 1.165) is 11.1 Å². The number of nitrogens with one attached hydrogen (secondary N) is 1. The summed E-state index contributed by atoms with van der Waals surface area (Å²) >= 11 is 0. The quantitative estimate of drug-likeness (QED) is 0.582. The Balaban J connectivity index is 1.72. The monoisotopic (exact) mass is 483 g/mol. The van der Waals surface area contributed by atoms with Crippen molar-refractivity contribution < 1.29 is 19.4 Å². The van der Waals surface area contributed by atoms with Gasteiger partial charge >= 0.3 is 0 Å². The Morgan fingerprint density at radius 1 is 1.14 bits per heavy atom. The maximum absolute atomic E-state index is 13.3. The maximum Gasteiger partial charge on any atom is 0.244 e. The van der Waals surface area contributed by atoms with Crippen LogP contribution in [-0.4, -0.2) is 73.9 Å². The molecule has 1 aliphatic rings. The van der Waals surface area contributed by atoms with E-state index in [1.807, 2.05) is 65.8 Å². The summed E-state index contributed by atoms with van der Waals surface area (Å²) in [6, 6.07) is 8.41. The van der Waals surface area contributed by atoms with E-state index >= 15 is 0 Å². The summed E-state index contributed by atoms with van der Waals surface area (Å²) < 4.78 is 5.71. The fourth-order valence-electron chi connectivity index (χ4n) is 4.10. The average Bonchev–Trinajstić information content (AvgIpc) is 2.81. The Hall–Kier alpha value is -2.88. The van der Waals surface area contributed by atoms with Crippen LogP contribution in [0.1, 0.15) is 47.1 Å². The lowest BCUT2D eigenvalue weighted by atomic mass is 10.0. The Morgan fingerprint density at radius 3 is 2.34 bits per heavy atom. The standard InChI is InChI=1S/C26H37N5O4/c1-17(2)24(33)31-18(3)15-30(25(34)35-26(4,5)6)16-21(31)23(32)29-14-19-8-10-20(11-9-19)22-27-12-7-13-28-22/h7-13,17-18,21,25,34H,14-16H2,1-6H3,(H,29,32)/t18-,21-,25?/m1/s1. The van der Waals surface area contributed by atoms with Crippen molar-refractivity contribution >= 4 is 11.8 Å². The summed E-state index contributed by atoms with van der Waals surface area (Å²) in [5, 5.41) is 13.6. The van der Waals surface area contributed by atoms with Crippen LogP contribution in [0.3, 0.4) is 0 Å². The number of ether oxygens (including phenoxy) is 1. The predicted molar refractivity (Wildman–Crippen MR) is 133 cm³/mol. The highest BCUT2D eigenvalue weighted by atomic mass is 16.6. The first-order valence-electron chi connectivity index (χ1n) is 12.0. The molecule has 3 atom stereocenters. The van der Waals surface area contributed by atoms with Gasteiger partial charge in [-0.3, -0.25) is 14.5 Å². The molecule has 2 N–H and O–H groups in total. The van der Waals surface area contributed by atoms with Crippen molar-refractivity contribution in [1.29, 1.82) is 0 Å². The number of hydrogen-bond donors (Lipinski definition) is 2. The second-order valence-electron chi connectivity index (χ2n) is 10.3. The molecule has 0 radical (unpaired) electrons. The van der Waals surface area contributed by atoms with Crippen molar-refractivity contribution in [3.05, 3.63) is 48.3 Å². The van der Waals surface area contributed by atoms with E-state index in [0.29, 0.717) is 18.9 Å². The van der Waals surface area contributed by atoms with Crippen LogP contribution in [-0.2, 0) is 20.9 Å².